The first-order valence-electron chi connectivity index (χ1n) is 6.75. The average molecular weight is 307 g/mol. The van der Waals surface area contributed by atoms with Crippen molar-refractivity contribution in [2.45, 2.75) is 31.2 Å². The van der Waals surface area contributed by atoms with Gasteiger partial charge in [-0.15, -0.1) is 11.3 Å². The lowest BCUT2D eigenvalue weighted by molar-refractivity contribution is -0.144. The Labute approximate surface area is 124 Å². The highest BCUT2D eigenvalue weighted by Crippen LogP contribution is 2.32. The van der Waals surface area contributed by atoms with Gasteiger partial charge in [0.1, 0.15) is 11.4 Å². The van der Waals surface area contributed by atoms with E-state index in [1.807, 2.05) is 0 Å². The van der Waals surface area contributed by atoms with Crippen molar-refractivity contribution in [3.05, 3.63) is 35.0 Å². The molecule has 1 aliphatic carbocycles. The zero-order valence-corrected chi connectivity index (χ0v) is 12.0. The molecule has 21 heavy (non-hydrogen) atoms. The molecule has 1 fully saturated rings. The molecule has 110 valence electrons. The summed E-state index contributed by atoms with van der Waals surface area (Å²) in [5.74, 6) is -1.74. The average Bonchev–Trinajstić information content (AvgIpc) is 3.05. The fourth-order valence-electron chi connectivity index (χ4n) is 2.78. The van der Waals surface area contributed by atoms with Crippen molar-refractivity contribution < 1.29 is 19.1 Å². The van der Waals surface area contributed by atoms with Crippen LogP contribution in [0.2, 0.25) is 0 Å². The van der Waals surface area contributed by atoms with Crippen molar-refractivity contribution >= 4 is 33.3 Å². The minimum Gasteiger partial charge on any atom is -0.480 e. The van der Waals surface area contributed by atoms with Crippen LogP contribution in [0.3, 0.4) is 0 Å². The van der Waals surface area contributed by atoms with E-state index in [1.165, 1.54) is 23.5 Å². The van der Waals surface area contributed by atoms with E-state index in [1.54, 1.807) is 12.1 Å². The lowest BCUT2D eigenvalue weighted by Crippen LogP contribution is -2.52. The molecular weight excluding hydrogens is 293 g/mol. The molecule has 0 spiro atoms. The molecule has 1 aromatic carbocycles. The second-order valence-corrected chi connectivity index (χ2v) is 6.43. The van der Waals surface area contributed by atoms with Crippen LogP contribution >= 0.6 is 11.3 Å². The van der Waals surface area contributed by atoms with Gasteiger partial charge in [-0.25, -0.2) is 9.18 Å². The Kier molecular flexibility index (Phi) is 3.41. The summed E-state index contributed by atoms with van der Waals surface area (Å²) in [7, 11) is 0. The fraction of sp³-hybridized carbons (Fsp3) is 0.333. The molecule has 1 amide bonds. The Morgan fingerprint density at radius 1 is 1.24 bits per heavy atom. The second-order valence-electron chi connectivity index (χ2n) is 5.34. The van der Waals surface area contributed by atoms with Crippen LogP contribution in [0, 0.1) is 5.82 Å². The van der Waals surface area contributed by atoms with Crippen molar-refractivity contribution in [3.8, 4) is 0 Å². The summed E-state index contributed by atoms with van der Waals surface area (Å²) in [5, 5.41) is 12.7. The minimum atomic E-state index is -1.15. The Bertz CT molecular complexity index is 719. The minimum absolute atomic E-state index is 0.356. The first kappa shape index (κ1) is 14.0. The Hall–Kier alpha value is -1.95. The van der Waals surface area contributed by atoms with Crippen molar-refractivity contribution in [2.75, 3.05) is 0 Å². The summed E-state index contributed by atoms with van der Waals surface area (Å²) < 4.78 is 14.0. The lowest BCUT2D eigenvalue weighted by atomic mass is 9.98. The molecule has 2 aromatic rings. The molecule has 1 saturated carbocycles. The van der Waals surface area contributed by atoms with Crippen LogP contribution in [0.25, 0.3) is 10.1 Å². The van der Waals surface area contributed by atoms with E-state index in [9.17, 15) is 19.1 Å². The number of fused-ring (bicyclic) bond motifs is 1. The van der Waals surface area contributed by atoms with Crippen LogP contribution < -0.4 is 5.32 Å². The van der Waals surface area contributed by atoms with Crippen LogP contribution in [0.5, 0.6) is 0 Å². The monoisotopic (exact) mass is 307 g/mol. The molecular formula is C15H14FNO3S. The molecule has 0 saturated heterocycles. The topological polar surface area (TPSA) is 66.4 Å². The van der Waals surface area contributed by atoms with Crippen LogP contribution in [-0.4, -0.2) is 22.5 Å². The summed E-state index contributed by atoms with van der Waals surface area (Å²) >= 11 is 1.24. The van der Waals surface area contributed by atoms with E-state index in [-0.39, 0.29) is 5.82 Å². The predicted octanol–water partition coefficient (Wildman–Crippen LogP) is 3.17. The van der Waals surface area contributed by atoms with Gasteiger partial charge in [0.25, 0.3) is 5.91 Å². The molecule has 6 heteroatoms. The lowest BCUT2D eigenvalue weighted by Gasteiger charge is -2.24. The molecule has 3 rings (SSSR count). The highest BCUT2D eigenvalue weighted by atomic mass is 32.1. The number of aliphatic carboxylic acids is 1. The molecule has 1 aliphatic rings. The van der Waals surface area contributed by atoms with E-state index in [2.05, 4.69) is 5.32 Å². The Morgan fingerprint density at radius 3 is 2.62 bits per heavy atom. The number of carbonyl (C=O) groups is 2. The molecule has 0 atom stereocenters. The van der Waals surface area contributed by atoms with E-state index < -0.39 is 17.4 Å². The highest BCUT2D eigenvalue weighted by molar-refractivity contribution is 7.20. The molecule has 2 N–H and O–H groups in total. The largest absolute Gasteiger partial charge is 0.480 e. The third kappa shape index (κ3) is 2.51. The van der Waals surface area contributed by atoms with Gasteiger partial charge in [-0.1, -0.05) is 12.8 Å². The van der Waals surface area contributed by atoms with Crippen molar-refractivity contribution in [1.29, 1.82) is 0 Å². The maximum atomic E-state index is 13.2. The first-order chi connectivity index (χ1) is 10.00. The van der Waals surface area contributed by atoms with Crippen molar-refractivity contribution in [1.82, 2.24) is 5.32 Å². The number of carboxylic acids is 1. The van der Waals surface area contributed by atoms with E-state index in [0.29, 0.717) is 23.1 Å². The van der Waals surface area contributed by atoms with Gasteiger partial charge >= 0.3 is 5.97 Å². The summed E-state index contributed by atoms with van der Waals surface area (Å²) in [6.07, 6.45) is 2.50. The normalized spacial score (nSPS) is 17.0. The van der Waals surface area contributed by atoms with Gasteiger partial charge in [0.2, 0.25) is 0 Å². The number of carboxylic acid groups (broad SMARTS) is 1. The Morgan fingerprint density at radius 2 is 1.95 bits per heavy atom. The first-order valence-corrected chi connectivity index (χ1v) is 7.57. The molecule has 0 bridgehead atoms. The third-order valence-electron chi connectivity index (χ3n) is 3.92. The zero-order valence-electron chi connectivity index (χ0n) is 11.2. The van der Waals surface area contributed by atoms with Gasteiger partial charge in [0.05, 0.1) is 4.88 Å². The molecule has 1 heterocycles. The molecule has 0 unspecified atom stereocenters. The second kappa shape index (κ2) is 5.11. The summed E-state index contributed by atoms with van der Waals surface area (Å²) in [6, 6.07) is 5.93. The number of amides is 1. The quantitative estimate of drug-likeness (QED) is 0.915. The summed E-state index contributed by atoms with van der Waals surface area (Å²) in [4.78, 5) is 24.2. The number of carbonyl (C=O) groups excluding carboxylic acids is 1. The smallest absolute Gasteiger partial charge is 0.329 e. The summed E-state index contributed by atoms with van der Waals surface area (Å²) in [5.41, 5.74) is -1.15. The van der Waals surface area contributed by atoms with E-state index in [4.69, 9.17) is 0 Å². The maximum Gasteiger partial charge on any atom is 0.329 e. The number of hydrogen-bond acceptors (Lipinski definition) is 3. The number of nitrogens with one attached hydrogen (secondary N) is 1. The van der Waals surface area contributed by atoms with Crippen LogP contribution in [0.1, 0.15) is 35.4 Å². The number of hydrogen-bond donors (Lipinski definition) is 2. The van der Waals surface area contributed by atoms with Crippen molar-refractivity contribution in [3.63, 3.8) is 0 Å². The van der Waals surface area contributed by atoms with Gasteiger partial charge < -0.3 is 10.4 Å². The predicted molar refractivity (Wildman–Crippen MR) is 78.1 cm³/mol. The Balaban J connectivity index is 1.88. The van der Waals surface area contributed by atoms with Gasteiger partial charge in [0.15, 0.2) is 0 Å². The molecule has 1 aromatic heterocycles. The van der Waals surface area contributed by atoms with Gasteiger partial charge in [0, 0.05) is 4.70 Å². The van der Waals surface area contributed by atoms with E-state index >= 15 is 0 Å². The van der Waals surface area contributed by atoms with E-state index in [0.717, 1.165) is 17.5 Å². The van der Waals surface area contributed by atoms with Crippen LogP contribution in [0.4, 0.5) is 4.39 Å². The molecule has 0 aliphatic heterocycles. The number of thiophene rings is 1. The zero-order chi connectivity index (χ0) is 15.0. The SMILES string of the molecule is O=C(NC1(C(=O)O)CCCC1)c1cc2cc(F)ccc2s1. The van der Waals surface area contributed by atoms with Gasteiger partial charge in [-0.3, -0.25) is 4.79 Å². The van der Waals surface area contributed by atoms with Crippen LogP contribution in [-0.2, 0) is 4.79 Å². The van der Waals surface area contributed by atoms with Gasteiger partial charge in [-0.05, 0) is 42.5 Å². The van der Waals surface area contributed by atoms with Gasteiger partial charge in [-0.2, -0.15) is 0 Å². The standard InChI is InChI=1S/C15H14FNO3S/c16-10-3-4-11-9(7-10)8-12(21-11)13(18)17-15(14(19)20)5-1-2-6-15/h3-4,7-8H,1-2,5-6H2,(H,17,18)(H,19,20). The number of rotatable bonds is 3. The molecule has 4 nitrogen and oxygen atoms in total. The fourth-order valence-corrected chi connectivity index (χ4v) is 3.71. The third-order valence-corrected chi connectivity index (χ3v) is 5.04. The summed E-state index contributed by atoms with van der Waals surface area (Å²) in [6.45, 7) is 0. The molecule has 0 radical (unpaired) electrons. The number of benzene rings is 1. The van der Waals surface area contributed by atoms with Crippen molar-refractivity contribution in [2.24, 2.45) is 0 Å². The maximum absolute atomic E-state index is 13.2. The highest BCUT2D eigenvalue weighted by Gasteiger charge is 2.42. The van der Waals surface area contributed by atoms with Crippen LogP contribution in [0.15, 0.2) is 24.3 Å². The number of halogens is 1.